The van der Waals surface area contributed by atoms with Crippen molar-refractivity contribution >= 4 is 50.5 Å². The van der Waals surface area contributed by atoms with Crippen LogP contribution >= 0.6 is 23.2 Å². The van der Waals surface area contributed by atoms with Gasteiger partial charge in [-0.2, -0.15) is 0 Å². The molecule has 2 aromatic heterocycles. The first-order valence-corrected chi connectivity index (χ1v) is 18.6. The zero-order chi connectivity index (χ0) is 34.5. The molecule has 0 spiro atoms. The summed E-state index contributed by atoms with van der Waals surface area (Å²) in [4.78, 5) is 20.3. The molecule has 14 heteroatoms. The predicted octanol–water partition coefficient (Wildman–Crippen LogP) is 6.04. The highest BCUT2D eigenvalue weighted by Gasteiger charge is 2.24. The van der Waals surface area contributed by atoms with E-state index >= 15 is 4.39 Å². The zero-order valence-electron chi connectivity index (χ0n) is 26.9. The number of nitrogens with zero attached hydrogens (tertiary/aromatic N) is 2. The third-order valence-electron chi connectivity index (χ3n) is 8.89. The standard InChI is InChI=1S/C35H37Cl2FN6O4S/c1-48-29-17-21(5-6-22(29)18-39-20-25-7-8-30(45)43-25)34-32(37)27(10-14-40-34)26-3-2-4-28(31(26)36)44-35-33(38)23(9-13-41-35)19-42-24-11-15-49(46,47)16-12-24/h2-6,9-10,13-14,17,24-25,39,42H,7-8,11-12,15-16,18-20H2,1H3,(H,41,44)(H,43,45). The maximum absolute atomic E-state index is 15.6. The number of rotatable bonds is 12. The van der Waals surface area contributed by atoms with Crippen LogP contribution in [0.1, 0.15) is 36.8 Å². The summed E-state index contributed by atoms with van der Waals surface area (Å²) in [5, 5.41) is 13.4. The molecule has 4 heterocycles. The Hall–Kier alpha value is -3.81. The van der Waals surface area contributed by atoms with Crippen LogP contribution in [0.3, 0.4) is 0 Å². The lowest BCUT2D eigenvalue weighted by Crippen LogP contribution is -2.37. The van der Waals surface area contributed by atoms with E-state index in [4.69, 9.17) is 27.9 Å². The van der Waals surface area contributed by atoms with Gasteiger partial charge in [-0.1, -0.05) is 47.5 Å². The highest BCUT2D eigenvalue weighted by molar-refractivity contribution is 7.91. The Morgan fingerprint density at radius 2 is 1.73 bits per heavy atom. The number of hydrogen-bond donors (Lipinski definition) is 4. The predicted molar refractivity (Wildman–Crippen MR) is 191 cm³/mol. The number of anilines is 2. The van der Waals surface area contributed by atoms with E-state index in [-0.39, 0.29) is 41.9 Å². The molecule has 4 N–H and O–H groups in total. The highest BCUT2D eigenvalue weighted by atomic mass is 35.5. The van der Waals surface area contributed by atoms with E-state index in [0.29, 0.717) is 76.2 Å². The second-order valence-corrected chi connectivity index (χ2v) is 15.3. The molecule has 10 nitrogen and oxygen atoms in total. The van der Waals surface area contributed by atoms with E-state index in [1.54, 1.807) is 37.6 Å². The Balaban J connectivity index is 1.18. The van der Waals surface area contributed by atoms with Crippen molar-refractivity contribution in [3.63, 3.8) is 0 Å². The average molecular weight is 728 g/mol. The number of amides is 1. The van der Waals surface area contributed by atoms with Crippen LogP contribution in [-0.2, 0) is 27.7 Å². The Bertz CT molecular complexity index is 1950. The van der Waals surface area contributed by atoms with Gasteiger partial charge in [-0.3, -0.25) is 9.78 Å². The number of carbonyl (C=O) groups is 1. The second kappa shape index (κ2) is 15.4. The number of hydrogen-bond acceptors (Lipinski definition) is 9. The fraction of sp³-hybridized carbons (Fsp3) is 0.343. The molecular formula is C35H37Cl2FN6O4S. The zero-order valence-corrected chi connectivity index (χ0v) is 29.2. The van der Waals surface area contributed by atoms with Gasteiger partial charge in [-0.25, -0.2) is 17.8 Å². The average Bonchev–Trinajstić information content (AvgIpc) is 3.51. The van der Waals surface area contributed by atoms with Crippen molar-refractivity contribution < 1.29 is 22.3 Å². The van der Waals surface area contributed by atoms with Crippen LogP contribution in [0.5, 0.6) is 5.75 Å². The van der Waals surface area contributed by atoms with E-state index in [0.717, 1.165) is 17.5 Å². The number of methoxy groups -OCH3 is 1. The number of benzene rings is 2. The van der Waals surface area contributed by atoms with Gasteiger partial charge >= 0.3 is 0 Å². The molecule has 2 fully saturated rings. The SMILES string of the molecule is COc1cc(-c2nccc(-c3cccc(Nc4nccc(CNC5CCS(=O)(=O)CC5)c4F)c3Cl)c2Cl)ccc1CNCC1CCC(=O)N1. The first-order valence-electron chi connectivity index (χ1n) is 16.1. The fourth-order valence-electron chi connectivity index (χ4n) is 6.12. The molecule has 6 rings (SSSR count). The first kappa shape index (κ1) is 35.0. The third kappa shape index (κ3) is 8.33. The quantitative estimate of drug-likeness (QED) is 0.138. The number of sulfone groups is 1. The van der Waals surface area contributed by atoms with E-state index < -0.39 is 15.7 Å². The largest absolute Gasteiger partial charge is 0.496 e. The summed E-state index contributed by atoms with van der Waals surface area (Å²) in [6.45, 7) is 1.47. The Labute approximate surface area is 295 Å². The lowest BCUT2D eigenvalue weighted by Gasteiger charge is -2.23. The van der Waals surface area contributed by atoms with Gasteiger partial charge in [0.25, 0.3) is 0 Å². The van der Waals surface area contributed by atoms with Crippen LogP contribution in [0.2, 0.25) is 10.0 Å². The second-order valence-electron chi connectivity index (χ2n) is 12.2. The Morgan fingerprint density at radius 3 is 2.49 bits per heavy atom. The van der Waals surface area contributed by atoms with Crippen molar-refractivity contribution in [1.82, 2.24) is 25.9 Å². The molecule has 2 aromatic carbocycles. The molecule has 4 aromatic rings. The number of aromatic nitrogens is 2. The molecule has 0 radical (unpaired) electrons. The van der Waals surface area contributed by atoms with Gasteiger partial charge in [0.15, 0.2) is 11.6 Å². The van der Waals surface area contributed by atoms with Gasteiger partial charge < -0.3 is 26.0 Å². The Kier molecular flexibility index (Phi) is 11.0. The van der Waals surface area contributed by atoms with Crippen molar-refractivity contribution in [2.75, 3.05) is 30.5 Å². The number of carbonyl (C=O) groups excluding carboxylic acids is 1. The number of ether oxygens (including phenoxy) is 1. The number of nitrogens with one attached hydrogen (secondary N) is 4. The van der Waals surface area contributed by atoms with Crippen molar-refractivity contribution in [2.24, 2.45) is 0 Å². The molecule has 258 valence electrons. The van der Waals surface area contributed by atoms with Crippen LogP contribution in [0.15, 0.2) is 60.9 Å². The van der Waals surface area contributed by atoms with Gasteiger partial charge in [0.05, 0.1) is 40.0 Å². The van der Waals surface area contributed by atoms with Gasteiger partial charge in [0, 0.05) is 78.3 Å². The van der Waals surface area contributed by atoms with Gasteiger partial charge in [0.2, 0.25) is 5.91 Å². The topological polar surface area (TPSA) is 134 Å². The lowest BCUT2D eigenvalue weighted by molar-refractivity contribution is -0.119. The molecule has 1 atom stereocenters. The summed E-state index contributed by atoms with van der Waals surface area (Å²) in [5.41, 5.74) is 4.37. The molecule has 2 saturated heterocycles. The summed E-state index contributed by atoms with van der Waals surface area (Å²) < 4.78 is 44.8. The van der Waals surface area contributed by atoms with E-state index in [1.807, 2.05) is 24.3 Å². The van der Waals surface area contributed by atoms with Crippen molar-refractivity contribution in [1.29, 1.82) is 0 Å². The van der Waals surface area contributed by atoms with E-state index in [9.17, 15) is 13.2 Å². The normalized spacial score (nSPS) is 17.6. The van der Waals surface area contributed by atoms with Crippen LogP contribution in [0.25, 0.3) is 22.4 Å². The molecular weight excluding hydrogens is 690 g/mol. The van der Waals surface area contributed by atoms with Crippen LogP contribution in [-0.4, -0.2) is 61.5 Å². The minimum absolute atomic E-state index is 0.00253. The maximum atomic E-state index is 15.6. The molecule has 0 bridgehead atoms. The first-order chi connectivity index (χ1) is 23.6. The maximum Gasteiger partial charge on any atom is 0.220 e. The van der Waals surface area contributed by atoms with Crippen LogP contribution < -0.4 is 26.0 Å². The van der Waals surface area contributed by atoms with E-state index in [2.05, 4.69) is 31.2 Å². The van der Waals surface area contributed by atoms with Gasteiger partial charge in [-0.15, -0.1) is 0 Å². The monoisotopic (exact) mass is 726 g/mol. The summed E-state index contributed by atoms with van der Waals surface area (Å²) in [6, 6.07) is 14.6. The summed E-state index contributed by atoms with van der Waals surface area (Å²) in [5.74, 6) is 0.519. The molecule has 2 aliphatic heterocycles. The van der Waals surface area contributed by atoms with Gasteiger partial charge in [-0.05, 0) is 43.5 Å². The fourth-order valence-corrected chi connectivity index (χ4v) is 8.21. The lowest BCUT2D eigenvalue weighted by atomic mass is 10.0. The smallest absolute Gasteiger partial charge is 0.220 e. The van der Waals surface area contributed by atoms with E-state index in [1.165, 1.54) is 6.20 Å². The highest BCUT2D eigenvalue weighted by Crippen LogP contribution is 2.42. The van der Waals surface area contributed by atoms with Crippen molar-refractivity contribution in [3.8, 4) is 28.1 Å². The minimum atomic E-state index is -2.98. The summed E-state index contributed by atoms with van der Waals surface area (Å²) in [6.07, 6.45) is 5.56. The molecule has 49 heavy (non-hydrogen) atoms. The number of halogens is 3. The summed E-state index contributed by atoms with van der Waals surface area (Å²) in [7, 11) is -1.37. The number of pyridine rings is 2. The van der Waals surface area contributed by atoms with Crippen molar-refractivity contribution in [2.45, 2.75) is 50.9 Å². The van der Waals surface area contributed by atoms with Gasteiger partial charge in [0.1, 0.15) is 15.6 Å². The third-order valence-corrected chi connectivity index (χ3v) is 11.4. The summed E-state index contributed by atoms with van der Waals surface area (Å²) >= 11 is 13.9. The molecule has 0 aliphatic carbocycles. The molecule has 2 aliphatic rings. The van der Waals surface area contributed by atoms with Crippen LogP contribution in [0.4, 0.5) is 15.9 Å². The molecule has 1 unspecified atom stereocenters. The van der Waals surface area contributed by atoms with Crippen molar-refractivity contribution in [3.05, 3.63) is 87.9 Å². The Morgan fingerprint density at radius 1 is 0.959 bits per heavy atom. The molecule has 1 amide bonds. The molecule has 0 saturated carbocycles. The minimum Gasteiger partial charge on any atom is -0.496 e. The van der Waals surface area contributed by atoms with Crippen LogP contribution in [0, 0.1) is 5.82 Å².